The molecule has 0 aliphatic carbocycles. The molecule has 1 fully saturated rings. The predicted octanol–water partition coefficient (Wildman–Crippen LogP) is 3.63. The molecule has 6 heteroatoms. The first-order chi connectivity index (χ1) is 15.2. The number of hydrogen-bond acceptors (Lipinski definition) is 4. The van der Waals surface area contributed by atoms with Gasteiger partial charge in [0.2, 0.25) is 11.8 Å². The maximum atomic E-state index is 12.6. The molecular formula is C25H30N4O2. The van der Waals surface area contributed by atoms with Crippen molar-refractivity contribution in [2.24, 2.45) is 0 Å². The molecule has 2 aromatic rings. The molecule has 0 bridgehead atoms. The van der Waals surface area contributed by atoms with Gasteiger partial charge in [-0.1, -0.05) is 42.5 Å². The summed E-state index contributed by atoms with van der Waals surface area (Å²) in [6.07, 6.45) is 3.06. The van der Waals surface area contributed by atoms with Crippen LogP contribution >= 0.6 is 0 Å². The maximum Gasteiger partial charge on any atom is 0.227 e. The number of nitriles is 1. The van der Waals surface area contributed by atoms with E-state index in [-0.39, 0.29) is 31.1 Å². The summed E-state index contributed by atoms with van der Waals surface area (Å²) >= 11 is 0. The second kappa shape index (κ2) is 11.9. The Kier molecular flexibility index (Phi) is 8.62. The molecule has 6 nitrogen and oxygen atoms in total. The van der Waals surface area contributed by atoms with Crippen LogP contribution in [0.2, 0.25) is 0 Å². The smallest absolute Gasteiger partial charge is 0.227 e. The monoisotopic (exact) mass is 418 g/mol. The number of likely N-dealkylation sites (tertiary alicyclic amines) is 1. The van der Waals surface area contributed by atoms with Gasteiger partial charge in [0, 0.05) is 38.2 Å². The van der Waals surface area contributed by atoms with Crippen molar-refractivity contribution < 1.29 is 9.59 Å². The van der Waals surface area contributed by atoms with E-state index in [4.69, 9.17) is 5.26 Å². The Balaban J connectivity index is 1.43. The summed E-state index contributed by atoms with van der Waals surface area (Å²) < 4.78 is 0. The minimum atomic E-state index is -0.150. The minimum absolute atomic E-state index is 0.112. The van der Waals surface area contributed by atoms with E-state index in [0.29, 0.717) is 13.1 Å². The van der Waals surface area contributed by atoms with Crippen LogP contribution in [0.15, 0.2) is 54.6 Å². The summed E-state index contributed by atoms with van der Waals surface area (Å²) in [5.41, 5.74) is 3.09. The summed E-state index contributed by atoms with van der Waals surface area (Å²) in [6, 6.07) is 19.7. The Bertz CT molecular complexity index is 884. The summed E-state index contributed by atoms with van der Waals surface area (Å²) in [7, 11) is 0. The van der Waals surface area contributed by atoms with Crippen molar-refractivity contribution in [3.8, 4) is 6.07 Å². The lowest BCUT2D eigenvalue weighted by Gasteiger charge is -2.21. The van der Waals surface area contributed by atoms with Crippen LogP contribution < -0.4 is 10.2 Å². The molecule has 0 unspecified atom stereocenters. The largest absolute Gasteiger partial charge is 0.352 e. The molecule has 0 radical (unpaired) electrons. The lowest BCUT2D eigenvalue weighted by atomic mass is 10.1. The van der Waals surface area contributed by atoms with Crippen LogP contribution in [0.1, 0.15) is 43.2 Å². The van der Waals surface area contributed by atoms with E-state index >= 15 is 0 Å². The van der Waals surface area contributed by atoms with E-state index in [9.17, 15) is 9.59 Å². The van der Waals surface area contributed by atoms with E-state index in [1.165, 1.54) is 31.5 Å². The maximum absolute atomic E-state index is 12.6. The van der Waals surface area contributed by atoms with Gasteiger partial charge < -0.3 is 10.2 Å². The van der Waals surface area contributed by atoms with Gasteiger partial charge in [0.25, 0.3) is 0 Å². The fourth-order valence-electron chi connectivity index (χ4n) is 3.77. The molecule has 0 saturated carbocycles. The fraction of sp³-hybridized carbons (Fsp3) is 0.400. The van der Waals surface area contributed by atoms with Gasteiger partial charge in [0.15, 0.2) is 0 Å². The number of rotatable bonds is 10. The van der Waals surface area contributed by atoms with Crippen molar-refractivity contribution in [1.82, 2.24) is 10.2 Å². The van der Waals surface area contributed by atoms with Gasteiger partial charge >= 0.3 is 0 Å². The van der Waals surface area contributed by atoms with E-state index in [2.05, 4.69) is 40.6 Å². The number of hydrogen-bond donors (Lipinski definition) is 1. The van der Waals surface area contributed by atoms with Gasteiger partial charge in [-0.15, -0.1) is 0 Å². The molecule has 0 atom stereocenters. The molecule has 1 saturated heterocycles. The van der Waals surface area contributed by atoms with E-state index in [0.717, 1.165) is 17.8 Å². The molecule has 1 heterocycles. The normalized spacial score (nSPS) is 13.5. The van der Waals surface area contributed by atoms with Crippen LogP contribution in [0, 0.1) is 11.3 Å². The highest BCUT2D eigenvalue weighted by atomic mass is 16.2. The zero-order valence-electron chi connectivity index (χ0n) is 17.9. The number of amides is 2. The summed E-state index contributed by atoms with van der Waals surface area (Å²) in [5, 5.41) is 11.8. The Labute approximate surface area is 184 Å². The molecule has 1 aliphatic rings. The van der Waals surface area contributed by atoms with Gasteiger partial charge in [-0.2, -0.15) is 5.26 Å². The highest BCUT2D eigenvalue weighted by Crippen LogP contribution is 2.16. The highest BCUT2D eigenvalue weighted by Gasteiger charge is 2.16. The topological polar surface area (TPSA) is 76.4 Å². The summed E-state index contributed by atoms with van der Waals surface area (Å²) in [6.45, 7) is 4.11. The standard InChI is InChI=1S/C25H30N4O2/c26-15-6-18-29(23-7-2-1-3-8-23)25(31)14-13-24(30)27-19-21-9-11-22(12-10-21)20-28-16-4-5-17-28/h1-3,7-12H,4-6,13-14,16-20H2,(H,27,30). The molecule has 1 N–H and O–H groups in total. The number of benzene rings is 2. The zero-order chi connectivity index (χ0) is 21.9. The first-order valence-corrected chi connectivity index (χ1v) is 10.9. The van der Waals surface area contributed by atoms with Gasteiger partial charge in [-0.05, 0) is 49.2 Å². The molecule has 31 heavy (non-hydrogen) atoms. The SMILES string of the molecule is N#CCCN(C(=O)CCC(=O)NCc1ccc(CN2CCCC2)cc1)c1ccccc1. The van der Waals surface area contributed by atoms with Crippen molar-refractivity contribution in [1.29, 1.82) is 5.26 Å². The van der Waals surface area contributed by atoms with E-state index in [1.807, 2.05) is 30.3 Å². The average Bonchev–Trinajstić information content (AvgIpc) is 3.31. The molecule has 2 aromatic carbocycles. The van der Waals surface area contributed by atoms with Crippen LogP contribution in [-0.4, -0.2) is 36.3 Å². The Morgan fingerprint density at radius 3 is 2.32 bits per heavy atom. The molecular weight excluding hydrogens is 388 g/mol. The van der Waals surface area contributed by atoms with Crippen LogP contribution in [0.5, 0.6) is 0 Å². The molecule has 0 aromatic heterocycles. The first-order valence-electron chi connectivity index (χ1n) is 10.9. The molecule has 162 valence electrons. The van der Waals surface area contributed by atoms with Crippen molar-refractivity contribution in [3.63, 3.8) is 0 Å². The highest BCUT2D eigenvalue weighted by molar-refractivity contribution is 5.95. The number of anilines is 1. The number of carbonyl (C=O) groups excluding carboxylic acids is 2. The van der Waals surface area contributed by atoms with Crippen LogP contribution in [-0.2, 0) is 22.7 Å². The number of nitrogens with zero attached hydrogens (tertiary/aromatic N) is 3. The van der Waals surface area contributed by atoms with Gasteiger partial charge in [-0.25, -0.2) is 0 Å². The van der Waals surface area contributed by atoms with Crippen LogP contribution in [0.3, 0.4) is 0 Å². The number of para-hydroxylation sites is 1. The summed E-state index contributed by atoms with van der Waals surface area (Å²) in [5.74, 6) is -0.300. The molecule has 2 amide bonds. The average molecular weight is 419 g/mol. The minimum Gasteiger partial charge on any atom is -0.352 e. The van der Waals surface area contributed by atoms with Crippen molar-refractivity contribution in [2.45, 2.75) is 45.2 Å². The van der Waals surface area contributed by atoms with Crippen LogP contribution in [0.25, 0.3) is 0 Å². The molecule has 3 rings (SSSR count). The van der Waals surface area contributed by atoms with Crippen LogP contribution in [0.4, 0.5) is 5.69 Å². The second-order valence-corrected chi connectivity index (χ2v) is 7.87. The van der Waals surface area contributed by atoms with Crippen molar-refractivity contribution in [2.75, 3.05) is 24.5 Å². The van der Waals surface area contributed by atoms with Gasteiger partial charge in [0.05, 0.1) is 12.5 Å². The third kappa shape index (κ3) is 7.23. The first kappa shape index (κ1) is 22.5. The van der Waals surface area contributed by atoms with Gasteiger partial charge in [-0.3, -0.25) is 14.5 Å². The summed E-state index contributed by atoms with van der Waals surface area (Å²) in [4.78, 5) is 28.9. The predicted molar refractivity (Wildman–Crippen MR) is 121 cm³/mol. The molecule has 0 spiro atoms. The Hall–Kier alpha value is -3.17. The van der Waals surface area contributed by atoms with E-state index in [1.54, 1.807) is 4.90 Å². The quantitative estimate of drug-likeness (QED) is 0.639. The zero-order valence-corrected chi connectivity index (χ0v) is 17.9. The van der Waals surface area contributed by atoms with Crippen molar-refractivity contribution >= 4 is 17.5 Å². The number of nitrogens with one attached hydrogen (secondary N) is 1. The number of carbonyl (C=O) groups is 2. The third-order valence-electron chi connectivity index (χ3n) is 5.50. The Morgan fingerprint density at radius 2 is 1.65 bits per heavy atom. The van der Waals surface area contributed by atoms with Gasteiger partial charge in [0.1, 0.15) is 0 Å². The lowest BCUT2D eigenvalue weighted by Crippen LogP contribution is -2.33. The Morgan fingerprint density at radius 1 is 0.968 bits per heavy atom. The third-order valence-corrected chi connectivity index (χ3v) is 5.50. The lowest BCUT2D eigenvalue weighted by molar-refractivity contribution is -0.125. The molecule has 1 aliphatic heterocycles. The second-order valence-electron chi connectivity index (χ2n) is 7.87. The van der Waals surface area contributed by atoms with E-state index < -0.39 is 0 Å². The fourth-order valence-corrected chi connectivity index (χ4v) is 3.77. The van der Waals surface area contributed by atoms with Crippen molar-refractivity contribution in [3.05, 3.63) is 65.7 Å².